The molecule has 0 amide bonds. The first-order valence-corrected chi connectivity index (χ1v) is 8.44. The van der Waals surface area contributed by atoms with Crippen LogP contribution in [0.4, 0.5) is 0 Å². The van der Waals surface area contributed by atoms with Crippen molar-refractivity contribution >= 4 is 5.97 Å². The largest absolute Gasteiger partial charge is 0.465 e. The first-order chi connectivity index (χ1) is 11.0. The third-order valence-electron chi connectivity index (χ3n) is 5.92. The highest BCUT2D eigenvalue weighted by Gasteiger charge is 2.54. The van der Waals surface area contributed by atoms with Crippen molar-refractivity contribution in [1.29, 1.82) is 0 Å². The zero-order valence-electron chi connectivity index (χ0n) is 14.4. The number of esters is 1. The molecule has 1 aliphatic heterocycles. The van der Waals surface area contributed by atoms with Gasteiger partial charge in [-0.2, -0.15) is 0 Å². The molecule has 0 radical (unpaired) electrons. The first kappa shape index (κ1) is 16.3. The molecular weight excluding hydrogens is 288 g/mol. The number of benzene rings is 1. The van der Waals surface area contributed by atoms with Crippen LogP contribution in [0, 0.1) is 23.2 Å². The molecule has 5 atom stereocenters. The number of allylic oxidation sites excluding steroid dienone is 1. The van der Waals surface area contributed by atoms with Crippen LogP contribution < -0.4 is 0 Å². The Morgan fingerprint density at radius 2 is 2.00 bits per heavy atom. The van der Waals surface area contributed by atoms with E-state index >= 15 is 0 Å². The van der Waals surface area contributed by atoms with Gasteiger partial charge in [0.25, 0.3) is 0 Å². The molecule has 23 heavy (non-hydrogen) atoms. The fourth-order valence-corrected chi connectivity index (χ4v) is 4.44. The number of carbonyl (C=O) groups is 1. The molecule has 1 aliphatic carbocycles. The second-order valence-corrected chi connectivity index (χ2v) is 7.17. The van der Waals surface area contributed by atoms with Crippen molar-refractivity contribution in [2.24, 2.45) is 23.2 Å². The van der Waals surface area contributed by atoms with Gasteiger partial charge in [-0.25, -0.2) is 0 Å². The Balaban J connectivity index is 1.95. The molecule has 2 bridgehead atoms. The van der Waals surface area contributed by atoms with E-state index in [1.165, 1.54) is 18.1 Å². The number of hydrogen-bond acceptors (Lipinski definition) is 3. The van der Waals surface area contributed by atoms with Crippen LogP contribution in [0.3, 0.4) is 0 Å². The van der Waals surface area contributed by atoms with Crippen molar-refractivity contribution in [3.8, 4) is 0 Å². The molecule has 1 heterocycles. The molecule has 0 aromatic heterocycles. The molecule has 0 saturated carbocycles. The summed E-state index contributed by atoms with van der Waals surface area (Å²) in [6.07, 6.45) is 2.44. The summed E-state index contributed by atoms with van der Waals surface area (Å²) in [6.45, 7) is 9.25. The first-order valence-electron chi connectivity index (χ1n) is 8.44. The number of hydrogen-bond donors (Lipinski definition) is 0. The van der Waals surface area contributed by atoms with Crippen molar-refractivity contribution in [1.82, 2.24) is 0 Å². The van der Waals surface area contributed by atoms with E-state index in [4.69, 9.17) is 9.47 Å². The zero-order valence-corrected chi connectivity index (χ0v) is 14.4. The monoisotopic (exact) mass is 314 g/mol. The van der Waals surface area contributed by atoms with Gasteiger partial charge in [-0.1, -0.05) is 55.8 Å². The molecule has 1 fully saturated rings. The van der Waals surface area contributed by atoms with Gasteiger partial charge in [0.15, 0.2) is 0 Å². The quantitative estimate of drug-likeness (QED) is 0.621. The van der Waals surface area contributed by atoms with Crippen LogP contribution in [0.2, 0.25) is 0 Å². The lowest BCUT2D eigenvalue weighted by Crippen LogP contribution is -2.54. The van der Waals surface area contributed by atoms with Crippen LogP contribution in [0.25, 0.3) is 0 Å². The maximum atomic E-state index is 11.3. The molecule has 1 saturated heterocycles. The minimum absolute atomic E-state index is 0.0837. The summed E-state index contributed by atoms with van der Waals surface area (Å²) in [7, 11) is 0. The van der Waals surface area contributed by atoms with E-state index in [-0.39, 0.29) is 17.5 Å². The maximum absolute atomic E-state index is 11.3. The molecule has 0 spiro atoms. The summed E-state index contributed by atoms with van der Waals surface area (Å²) < 4.78 is 11.8. The van der Waals surface area contributed by atoms with E-state index in [2.05, 4.69) is 51.1 Å². The molecule has 3 rings (SSSR count). The van der Waals surface area contributed by atoms with E-state index in [1.54, 1.807) is 0 Å². The predicted octanol–water partition coefficient (Wildman–Crippen LogP) is 4.16. The number of ether oxygens (including phenoxy) is 2. The van der Waals surface area contributed by atoms with Crippen molar-refractivity contribution in [3.63, 3.8) is 0 Å². The Morgan fingerprint density at radius 1 is 1.30 bits per heavy atom. The highest BCUT2D eigenvalue weighted by Crippen LogP contribution is 2.56. The molecule has 124 valence electrons. The van der Waals surface area contributed by atoms with Gasteiger partial charge in [0, 0.05) is 18.3 Å². The van der Waals surface area contributed by atoms with Gasteiger partial charge in [0.1, 0.15) is 0 Å². The molecule has 0 unspecified atom stereocenters. The van der Waals surface area contributed by atoms with Gasteiger partial charge >= 0.3 is 5.97 Å². The molecule has 3 heteroatoms. The second-order valence-electron chi connectivity index (χ2n) is 7.17. The molecule has 3 nitrogen and oxygen atoms in total. The van der Waals surface area contributed by atoms with Crippen LogP contribution in [0.15, 0.2) is 42.0 Å². The Hall–Kier alpha value is -1.61. The van der Waals surface area contributed by atoms with Crippen LogP contribution in [-0.2, 0) is 14.3 Å². The van der Waals surface area contributed by atoms with Gasteiger partial charge in [-0.3, -0.25) is 4.79 Å². The van der Waals surface area contributed by atoms with Crippen LogP contribution in [-0.4, -0.2) is 19.2 Å². The minimum atomic E-state index is -0.216. The van der Waals surface area contributed by atoms with Gasteiger partial charge in [-0.15, -0.1) is 0 Å². The second kappa shape index (κ2) is 6.12. The molecular formula is C20H26O3. The third-order valence-corrected chi connectivity index (χ3v) is 5.92. The van der Waals surface area contributed by atoms with Gasteiger partial charge in [0.2, 0.25) is 0 Å². The van der Waals surface area contributed by atoms with Crippen molar-refractivity contribution in [2.45, 2.75) is 33.8 Å². The van der Waals surface area contributed by atoms with Crippen molar-refractivity contribution < 1.29 is 14.3 Å². The third kappa shape index (κ3) is 2.72. The Bertz CT molecular complexity index is 607. The average Bonchev–Trinajstić information content (AvgIpc) is 2.52. The van der Waals surface area contributed by atoms with E-state index in [1.807, 2.05) is 6.07 Å². The smallest absolute Gasteiger partial charge is 0.302 e. The summed E-state index contributed by atoms with van der Waals surface area (Å²) in [5, 5.41) is 0. The summed E-state index contributed by atoms with van der Waals surface area (Å²) in [4.78, 5) is 11.3. The van der Waals surface area contributed by atoms with Crippen LogP contribution in [0.1, 0.15) is 39.4 Å². The number of carbonyl (C=O) groups excluding carboxylic acids is 1. The van der Waals surface area contributed by atoms with Crippen LogP contribution >= 0.6 is 0 Å². The van der Waals surface area contributed by atoms with Crippen molar-refractivity contribution in [2.75, 3.05) is 13.2 Å². The summed E-state index contributed by atoms with van der Waals surface area (Å²) >= 11 is 0. The zero-order chi connectivity index (χ0) is 16.6. The standard InChI is InChI=1S/C20H26O3/c1-13-10-14(2)20(11-22-16(4)21)12-23-19(18(13)15(20)3)17-8-6-5-7-9-17/h5-10,14-15,18-19H,11-12H2,1-4H3/t14-,15+,18-,19-,20+/m0/s1. The highest BCUT2D eigenvalue weighted by molar-refractivity contribution is 5.66. The van der Waals surface area contributed by atoms with Crippen molar-refractivity contribution in [3.05, 3.63) is 47.5 Å². The average molecular weight is 314 g/mol. The fraction of sp³-hybridized carbons (Fsp3) is 0.550. The Kier molecular flexibility index (Phi) is 4.33. The lowest BCUT2D eigenvalue weighted by Gasteiger charge is -2.55. The van der Waals surface area contributed by atoms with Gasteiger partial charge in [-0.05, 0) is 24.3 Å². The van der Waals surface area contributed by atoms with E-state index in [0.29, 0.717) is 31.0 Å². The van der Waals surface area contributed by atoms with E-state index in [0.717, 1.165) is 0 Å². The highest BCUT2D eigenvalue weighted by atomic mass is 16.5. The van der Waals surface area contributed by atoms with E-state index < -0.39 is 0 Å². The number of fused-ring (bicyclic) bond motifs is 2. The Morgan fingerprint density at radius 3 is 2.65 bits per heavy atom. The summed E-state index contributed by atoms with van der Waals surface area (Å²) in [6, 6.07) is 10.4. The lowest BCUT2D eigenvalue weighted by atomic mass is 9.56. The lowest BCUT2D eigenvalue weighted by molar-refractivity contribution is -0.180. The molecule has 1 aromatic rings. The summed E-state index contributed by atoms with van der Waals surface area (Å²) in [5.41, 5.74) is 2.49. The molecule has 2 aliphatic rings. The normalized spacial score (nSPS) is 36.3. The van der Waals surface area contributed by atoms with Crippen LogP contribution in [0.5, 0.6) is 0 Å². The topological polar surface area (TPSA) is 35.5 Å². The minimum Gasteiger partial charge on any atom is -0.465 e. The summed E-state index contributed by atoms with van der Waals surface area (Å²) in [5.74, 6) is 0.857. The van der Waals surface area contributed by atoms with E-state index in [9.17, 15) is 4.79 Å². The maximum Gasteiger partial charge on any atom is 0.302 e. The predicted molar refractivity (Wildman–Crippen MR) is 89.8 cm³/mol. The fourth-order valence-electron chi connectivity index (χ4n) is 4.44. The molecule has 1 aromatic carbocycles. The van der Waals surface area contributed by atoms with Gasteiger partial charge in [0.05, 0.1) is 19.3 Å². The molecule has 0 N–H and O–H groups in total. The SMILES string of the molecule is CC(=O)OC[C@@]12CO[C@@H](c3ccccc3)[C@@H](C(C)=C[C@@H]1C)[C@H]2C. The Labute approximate surface area is 138 Å². The number of rotatable bonds is 3. The van der Waals surface area contributed by atoms with Gasteiger partial charge < -0.3 is 9.47 Å².